The Labute approximate surface area is 113 Å². The molecule has 4 heteroatoms. The third-order valence-corrected chi connectivity index (χ3v) is 3.93. The molecule has 0 amide bonds. The van der Waals surface area contributed by atoms with Gasteiger partial charge in [-0.3, -0.25) is 4.90 Å². The zero-order chi connectivity index (χ0) is 13.0. The molecule has 1 aliphatic rings. The Kier molecular flexibility index (Phi) is 4.98. The molecule has 1 aliphatic heterocycles. The van der Waals surface area contributed by atoms with Crippen LogP contribution in [0.25, 0.3) is 0 Å². The summed E-state index contributed by atoms with van der Waals surface area (Å²) in [6, 6.07) is 5.24. The van der Waals surface area contributed by atoms with Crippen LogP contribution in [-0.2, 0) is 6.54 Å². The number of likely N-dealkylation sites (N-methyl/N-ethyl adjacent to an activating group) is 1. The Hall–Kier alpha value is -0.640. The highest BCUT2D eigenvalue weighted by atomic mass is 35.5. The Balaban J connectivity index is 2.06. The van der Waals surface area contributed by atoms with Gasteiger partial charge in [-0.05, 0) is 44.1 Å². The molecule has 18 heavy (non-hydrogen) atoms. The number of likely N-dealkylation sites (tertiary alicyclic amines) is 1. The molecule has 1 aromatic rings. The number of hydrogen-bond donors (Lipinski definition) is 1. The van der Waals surface area contributed by atoms with Crippen LogP contribution in [0.5, 0.6) is 0 Å². The van der Waals surface area contributed by atoms with E-state index in [-0.39, 0.29) is 5.82 Å². The van der Waals surface area contributed by atoms with Crippen molar-refractivity contribution in [1.82, 2.24) is 10.2 Å². The molecule has 0 saturated carbocycles. The van der Waals surface area contributed by atoms with Crippen molar-refractivity contribution < 1.29 is 4.39 Å². The van der Waals surface area contributed by atoms with Crippen LogP contribution in [0.2, 0.25) is 5.02 Å². The molecule has 1 aromatic carbocycles. The molecular weight excluding hydrogens is 251 g/mol. The fourth-order valence-corrected chi connectivity index (χ4v) is 2.83. The van der Waals surface area contributed by atoms with Gasteiger partial charge in [0.05, 0.1) is 0 Å². The van der Waals surface area contributed by atoms with Gasteiger partial charge in [0.1, 0.15) is 5.82 Å². The molecule has 1 unspecified atom stereocenters. The number of halogens is 2. The van der Waals surface area contributed by atoms with Gasteiger partial charge >= 0.3 is 0 Å². The smallest absolute Gasteiger partial charge is 0.124 e. The topological polar surface area (TPSA) is 15.3 Å². The minimum atomic E-state index is -0.269. The highest BCUT2D eigenvalue weighted by molar-refractivity contribution is 6.31. The van der Waals surface area contributed by atoms with Crippen LogP contribution >= 0.6 is 11.6 Å². The minimum absolute atomic E-state index is 0.269. The Morgan fingerprint density at radius 3 is 3.00 bits per heavy atom. The number of benzene rings is 1. The maximum atomic E-state index is 13.0. The molecule has 0 aliphatic carbocycles. The van der Waals surface area contributed by atoms with Gasteiger partial charge in [-0.25, -0.2) is 4.39 Å². The van der Waals surface area contributed by atoms with Gasteiger partial charge in [-0.15, -0.1) is 0 Å². The Morgan fingerprint density at radius 1 is 1.44 bits per heavy atom. The zero-order valence-electron chi connectivity index (χ0n) is 10.8. The van der Waals surface area contributed by atoms with Crippen LogP contribution in [0.1, 0.15) is 24.8 Å². The van der Waals surface area contributed by atoms with Crippen molar-refractivity contribution in [3.05, 3.63) is 34.6 Å². The van der Waals surface area contributed by atoms with Crippen LogP contribution in [0, 0.1) is 5.82 Å². The summed E-state index contributed by atoms with van der Waals surface area (Å²) in [5.74, 6) is -0.269. The van der Waals surface area contributed by atoms with Gasteiger partial charge in [-0.2, -0.15) is 0 Å². The average molecular weight is 271 g/mol. The van der Waals surface area contributed by atoms with E-state index in [0.717, 1.165) is 25.2 Å². The van der Waals surface area contributed by atoms with E-state index >= 15 is 0 Å². The predicted octanol–water partition coefficient (Wildman–Crippen LogP) is 3.05. The molecule has 0 bridgehead atoms. The van der Waals surface area contributed by atoms with E-state index in [9.17, 15) is 4.39 Å². The molecule has 100 valence electrons. The first-order chi connectivity index (χ1) is 8.70. The first kappa shape index (κ1) is 13.8. The average Bonchev–Trinajstić information content (AvgIpc) is 2.35. The third kappa shape index (κ3) is 3.44. The minimum Gasteiger partial charge on any atom is -0.318 e. The largest absolute Gasteiger partial charge is 0.318 e. The summed E-state index contributed by atoms with van der Waals surface area (Å²) < 4.78 is 13.0. The summed E-state index contributed by atoms with van der Waals surface area (Å²) in [5.41, 5.74) is 1.01. The summed E-state index contributed by atoms with van der Waals surface area (Å²) in [6.45, 7) is 2.91. The lowest BCUT2D eigenvalue weighted by molar-refractivity contribution is 0.139. The molecular formula is C14H20ClFN2. The van der Waals surface area contributed by atoms with Crippen molar-refractivity contribution >= 4 is 11.6 Å². The highest BCUT2D eigenvalue weighted by Gasteiger charge is 2.22. The number of nitrogens with one attached hydrogen (secondary N) is 1. The molecule has 0 radical (unpaired) electrons. The summed E-state index contributed by atoms with van der Waals surface area (Å²) in [4.78, 5) is 2.44. The van der Waals surface area contributed by atoms with Crippen molar-refractivity contribution in [3.63, 3.8) is 0 Å². The van der Waals surface area contributed by atoms with Crippen LogP contribution in [-0.4, -0.2) is 31.1 Å². The molecule has 1 saturated heterocycles. The van der Waals surface area contributed by atoms with E-state index in [0.29, 0.717) is 11.1 Å². The molecule has 1 atom stereocenters. The second-order valence-electron chi connectivity index (χ2n) is 4.91. The SMILES string of the molecule is CNCC1CCCCN1Cc1ccc(F)cc1Cl. The van der Waals surface area contributed by atoms with Crippen molar-refractivity contribution in [2.75, 3.05) is 20.1 Å². The lowest BCUT2D eigenvalue weighted by atomic mass is 10.0. The molecule has 1 heterocycles. The summed E-state index contributed by atoms with van der Waals surface area (Å²) in [5, 5.41) is 3.77. The summed E-state index contributed by atoms with van der Waals surface area (Å²) in [7, 11) is 1.98. The maximum Gasteiger partial charge on any atom is 0.124 e. The first-order valence-electron chi connectivity index (χ1n) is 6.53. The van der Waals surface area contributed by atoms with Crippen LogP contribution in [0.3, 0.4) is 0 Å². The van der Waals surface area contributed by atoms with Crippen LogP contribution < -0.4 is 5.32 Å². The summed E-state index contributed by atoms with van der Waals surface area (Å²) in [6.07, 6.45) is 3.75. The maximum absolute atomic E-state index is 13.0. The van der Waals surface area contributed by atoms with Crippen LogP contribution in [0.4, 0.5) is 4.39 Å². The van der Waals surface area contributed by atoms with Crippen molar-refractivity contribution in [1.29, 1.82) is 0 Å². The molecule has 0 spiro atoms. The Morgan fingerprint density at radius 2 is 2.28 bits per heavy atom. The molecule has 0 aromatic heterocycles. The van der Waals surface area contributed by atoms with E-state index in [2.05, 4.69) is 10.2 Å². The lowest BCUT2D eigenvalue weighted by Crippen LogP contribution is -2.44. The third-order valence-electron chi connectivity index (χ3n) is 3.58. The van der Waals surface area contributed by atoms with E-state index in [4.69, 9.17) is 11.6 Å². The van der Waals surface area contributed by atoms with Crippen LogP contribution in [0.15, 0.2) is 18.2 Å². The fourth-order valence-electron chi connectivity index (χ4n) is 2.60. The summed E-state index contributed by atoms with van der Waals surface area (Å²) >= 11 is 6.09. The molecule has 1 fully saturated rings. The van der Waals surface area contributed by atoms with Crippen molar-refractivity contribution in [2.24, 2.45) is 0 Å². The zero-order valence-corrected chi connectivity index (χ0v) is 11.5. The van der Waals surface area contributed by atoms with E-state index < -0.39 is 0 Å². The monoisotopic (exact) mass is 270 g/mol. The van der Waals surface area contributed by atoms with Gasteiger partial charge in [0.2, 0.25) is 0 Å². The van der Waals surface area contributed by atoms with Gasteiger partial charge in [-0.1, -0.05) is 24.1 Å². The molecule has 2 rings (SSSR count). The normalized spacial score (nSPS) is 21.2. The van der Waals surface area contributed by atoms with Crippen molar-refractivity contribution in [3.8, 4) is 0 Å². The first-order valence-corrected chi connectivity index (χ1v) is 6.91. The molecule has 2 nitrogen and oxygen atoms in total. The standard InChI is InChI=1S/C14H20ClFN2/c1-17-9-13-4-2-3-7-18(13)10-11-5-6-12(16)8-14(11)15/h5-6,8,13,17H,2-4,7,9-10H2,1H3. The van der Waals surface area contributed by atoms with Gasteiger partial charge in [0.25, 0.3) is 0 Å². The second-order valence-corrected chi connectivity index (χ2v) is 5.32. The number of rotatable bonds is 4. The second kappa shape index (κ2) is 6.50. The number of hydrogen-bond acceptors (Lipinski definition) is 2. The van der Waals surface area contributed by atoms with Gasteiger partial charge in [0.15, 0.2) is 0 Å². The van der Waals surface area contributed by atoms with Gasteiger partial charge < -0.3 is 5.32 Å². The number of nitrogens with zero attached hydrogens (tertiary/aromatic N) is 1. The quantitative estimate of drug-likeness (QED) is 0.905. The predicted molar refractivity (Wildman–Crippen MR) is 73.4 cm³/mol. The Bertz CT molecular complexity index is 395. The van der Waals surface area contributed by atoms with E-state index in [1.165, 1.54) is 31.4 Å². The van der Waals surface area contributed by atoms with Gasteiger partial charge in [0, 0.05) is 24.2 Å². The lowest BCUT2D eigenvalue weighted by Gasteiger charge is -2.35. The van der Waals surface area contributed by atoms with Crippen molar-refractivity contribution in [2.45, 2.75) is 31.8 Å². The van der Waals surface area contributed by atoms with E-state index in [1.807, 2.05) is 7.05 Å². The van der Waals surface area contributed by atoms with E-state index in [1.54, 1.807) is 6.07 Å². The number of piperidine rings is 1. The molecule has 1 N–H and O–H groups in total. The fraction of sp³-hybridized carbons (Fsp3) is 0.571. The highest BCUT2D eigenvalue weighted by Crippen LogP contribution is 2.23.